The van der Waals surface area contributed by atoms with E-state index in [1.165, 1.54) is 12.8 Å². The molecule has 0 N–H and O–H groups in total. The van der Waals surface area contributed by atoms with Crippen LogP contribution in [0.1, 0.15) is 53.3 Å². The predicted octanol–water partition coefficient (Wildman–Crippen LogP) is 3.71. The third kappa shape index (κ3) is 3.22. The van der Waals surface area contributed by atoms with Crippen LogP contribution in [0.25, 0.3) is 0 Å². The highest BCUT2D eigenvalue weighted by Gasteiger charge is 2.27. The van der Waals surface area contributed by atoms with Gasteiger partial charge in [0.2, 0.25) is 5.13 Å². The summed E-state index contributed by atoms with van der Waals surface area (Å²) in [4.78, 5) is 7.13. The Morgan fingerprint density at radius 2 is 2.11 bits per heavy atom. The van der Waals surface area contributed by atoms with Crippen LogP contribution in [0.15, 0.2) is 0 Å². The normalized spacial score (nSPS) is 21.0. The van der Waals surface area contributed by atoms with Crippen LogP contribution < -0.4 is 4.90 Å². The average Bonchev–Trinajstić information content (AvgIpc) is 2.81. The second-order valence-electron chi connectivity index (χ2n) is 6.88. The van der Waals surface area contributed by atoms with Gasteiger partial charge in [-0.3, -0.25) is 0 Å². The monoisotopic (exact) mass is 267 g/mol. The maximum absolute atomic E-state index is 4.71. The molecule has 0 spiro atoms. The maximum atomic E-state index is 4.71. The van der Waals surface area contributed by atoms with Crippen LogP contribution in [0, 0.1) is 11.8 Å². The minimum Gasteiger partial charge on any atom is -0.347 e. The van der Waals surface area contributed by atoms with Crippen molar-refractivity contribution in [2.24, 2.45) is 11.8 Å². The van der Waals surface area contributed by atoms with Crippen molar-refractivity contribution in [2.75, 3.05) is 18.0 Å². The fourth-order valence-corrected chi connectivity index (χ4v) is 3.41. The van der Waals surface area contributed by atoms with E-state index in [2.05, 4.69) is 43.9 Å². The summed E-state index contributed by atoms with van der Waals surface area (Å²) in [5.74, 6) is 2.62. The largest absolute Gasteiger partial charge is 0.347 e. The summed E-state index contributed by atoms with van der Waals surface area (Å²) in [6, 6.07) is 0. The lowest BCUT2D eigenvalue weighted by Gasteiger charge is -2.16. The minimum atomic E-state index is 0.0613. The molecule has 0 aliphatic carbocycles. The van der Waals surface area contributed by atoms with Crippen LogP contribution in [-0.4, -0.2) is 22.4 Å². The number of hydrogen-bond donors (Lipinski definition) is 0. The maximum Gasteiger partial charge on any atom is 0.205 e. The van der Waals surface area contributed by atoms with Gasteiger partial charge < -0.3 is 4.90 Å². The molecule has 3 nitrogen and oxygen atoms in total. The van der Waals surface area contributed by atoms with E-state index in [-0.39, 0.29) is 5.41 Å². The molecule has 18 heavy (non-hydrogen) atoms. The Labute approximate surface area is 115 Å². The van der Waals surface area contributed by atoms with Crippen LogP contribution >= 0.6 is 11.5 Å². The average molecular weight is 267 g/mol. The summed E-state index contributed by atoms with van der Waals surface area (Å²) in [6.45, 7) is 13.4. The molecule has 1 saturated heterocycles. The van der Waals surface area contributed by atoms with Crippen molar-refractivity contribution in [3.05, 3.63) is 5.82 Å². The molecule has 0 bridgehead atoms. The highest BCUT2D eigenvalue weighted by Crippen LogP contribution is 2.31. The summed E-state index contributed by atoms with van der Waals surface area (Å²) in [6.07, 6.45) is 2.64. The summed E-state index contributed by atoms with van der Waals surface area (Å²) in [5, 5.41) is 1.12. The van der Waals surface area contributed by atoms with Gasteiger partial charge in [-0.2, -0.15) is 4.37 Å². The third-order valence-electron chi connectivity index (χ3n) is 3.45. The SMILES string of the molecule is CC(C)CC1CCN(c2nc(C(C)(C)C)ns2)C1. The molecule has 0 amide bonds. The Balaban J connectivity index is 1.99. The van der Waals surface area contributed by atoms with Crippen LogP contribution in [0.5, 0.6) is 0 Å². The van der Waals surface area contributed by atoms with Gasteiger partial charge in [0.1, 0.15) is 5.82 Å². The van der Waals surface area contributed by atoms with E-state index in [1.807, 2.05) is 0 Å². The molecule has 1 aliphatic rings. The summed E-state index contributed by atoms with van der Waals surface area (Å²) < 4.78 is 4.51. The number of rotatable bonds is 3. The number of anilines is 1. The second-order valence-corrected chi connectivity index (χ2v) is 7.61. The molecule has 1 aromatic heterocycles. The van der Waals surface area contributed by atoms with Gasteiger partial charge in [0.05, 0.1) is 0 Å². The molecule has 2 rings (SSSR count). The topological polar surface area (TPSA) is 29.0 Å². The lowest BCUT2D eigenvalue weighted by molar-refractivity contribution is 0.441. The Morgan fingerprint density at radius 1 is 1.39 bits per heavy atom. The molecule has 0 aromatic carbocycles. The molecule has 1 aromatic rings. The van der Waals surface area contributed by atoms with Gasteiger partial charge in [0.25, 0.3) is 0 Å². The first-order valence-electron chi connectivity index (χ1n) is 6.95. The van der Waals surface area contributed by atoms with E-state index in [9.17, 15) is 0 Å². The molecule has 1 unspecified atom stereocenters. The highest BCUT2D eigenvalue weighted by atomic mass is 32.1. The van der Waals surface area contributed by atoms with Gasteiger partial charge in [-0.25, -0.2) is 4.98 Å². The van der Waals surface area contributed by atoms with Crippen molar-refractivity contribution in [1.29, 1.82) is 0 Å². The fraction of sp³-hybridized carbons (Fsp3) is 0.857. The van der Waals surface area contributed by atoms with Crippen molar-refractivity contribution in [1.82, 2.24) is 9.36 Å². The van der Waals surface area contributed by atoms with Crippen LogP contribution in [0.4, 0.5) is 5.13 Å². The van der Waals surface area contributed by atoms with Gasteiger partial charge >= 0.3 is 0 Å². The molecule has 2 heterocycles. The Kier molecular flexibility index (Phi) is 3.95. The molecule has 102 valence electrons. The lowest BCUT2D eigenvalue weighted by atomic mass is 9.96. The zero-order valence-electron chi connectivity index (χ0n) is 12.2. The van der Waals surface area contributed by atoms with E-state index >= 15 is 0 Å². The van der Waals surface area contributed by atoms with Crippen LogP contribution in [0.3, 0.4) is 0 Å². The van der Waals surface area contributed by atoms with Crippen molar-refractivity contribution < 1.29 is 0 Å². The van der Waals surface area contributed by atoms with Gasteiger partial charge in [-0.15, -0.1) is 0 Å². The molecular formula is C14H25N3S. The minimum absolute atomic E-state index is 0.0613. The van der Waals surface area contributed by atoms with Gasteiger partial charge in [0, 0.05) is 30.0 Å². The van der Waals surface area contributed by atoms with Crippen molar-refractivity contribution >= 4 is 16.7 Å². The standard InChI is InChI=1S/C14H25N3S/c1-10(2)8-11-6-7-17(9-11)13-15-12(16-18-13)14(3,4)5/h10-11H,6-9H2,1-5H3. The predicted molar refractivity (Wildman–Crippen MR) is 78.4 cm³/mol. The van der Waals surface area contributed by atoms with Crippen molar-refractivity contribution in [3.8, 4) is 0 Å². The quantitative estimate of drug-likeness (QED) is 0.836. The van der Waals surface area contributed by atoms with Crippen molar-refractivity contribution in [2.45, 2.75) is 52.9 Å². The number of aromatic nitrogens is 2. The van der Waals surface area contributed by atoms with Gasteiger partial charge in [0.15, 0.2) is 0 Å². The smallest absolute Gasteiger partial charge is 0.205 e. The highest BCUT2D eigenvalue weighted by molar-refractivity contribution is 7.09. The van der Waals surface area contributed by atoms with E-state index in [1.54, 1.807) is 11.5 Å². The Hall–Kier alpha value is -0.640. The molecule has 0 saturated carbocycles. The van der Waals surface area contributed by atoms with E-state index in [4.69, 9.17) is 4.98 Å². The van der Waals surface area contributed by atoms with Crippen LogP contribution in [0.2, 0.25) is 0 Å². The zero-order chi connectivity index (χ0) is 13.3. The number of hydrogen-bond acceptors (Lipinski definition) is 4. The van der Waals surface area contributed by atoms with Gasteiger partial charge in [-0.05, 0) is 24.7 Å². The summed E-state index contributed by atoms with van der Waals surface area (Å²) in [5.41, 5.74) is 0.0613. The van der Waals surface area contributed by atoms with E-state index < -0.39 is 0 Å². The lowest BCUT2D eigenvalue weighted by Crippen LogP contribution is -2.20. The second kappa shape index (κ2) is 5.16. The van der Waals surface area contributed by atoms with Gasteiger partial charge in [-0.1, -0.05) is 34.6 Å². The fourth-order valence-electron chi connectivity index (χ4n) is 2.51. The van der Waals surface area contributed by atoms with Crippen molar-refractivity contribution in [3.63, 3.8) is 0 Å². The first kappa shape index (κ1) is 13.8. The Bertz CT molecular complexity index is 392. The first-order chi connectivity index (χ1) is 8.36. The van der Waals surface area contributed by atoms with E-state index in [0.29, 0.717) is 0 Å². The number of nitrogens with zero attached hydrogens (tertiary/aromatic N) is 3. The molecular weight excluding hydrogens is 242 g/mol. The third-order valence-corrected chi connectivity index (χ3v) is 4.22. The summed E-state index contributed by atoms with van der Waals surface area (Å²) in [7, 11) is 0. The molecule has 0 radical (unpaired) electrons. The first-order valence-corrected chi connectivity index (χ1v) is 7.72. The molecule has 1 fully saturated rings. The van der Waals surface area contributed by atoms with E-state index in [0.717, 1.165) is 35.9 Å². The molecule has 1 aliphatic heterocycles. The van der Waals surface area contributed by atoms with Crippen LogP contribution in [-0.2, 0) is 5.41 Å². The zero-order valence-corrected chi connectivity index (χ0v) is 13.0. The Morgan fingerprint density at radius 3 is 2.67 bits per heavy atom. The molecule has 4 heteroatoms. The summed E-state index contributed by atoms with van der Waals surface area (Å²) >= 11 is 1.56. The molecule has 1 atom stereocenters.